The summed E-state index contributed by atoms with van der Waals surface area (Å²) in [5, 5.41) is 0. The number of hydrogen-bond donors (Lipinski definition) is 0. The van der Waals surface area contributed by atoms with Gasteiger partial charge in [0.1, 0.15) is 13.2 Å². The first-order chi connectivity index (χ1) is 41.0. The van der Waals surface area contributed by atoms with Gasteiger partial charge in [-0.25, -0.2) is 0 Å². The van der Waals surface area contributed by atoms with Crippen molar-refractivity contribution in [1.82, 2.24) is 0 Å². The van der Waals surface area contributed by atoms with Crippen LogP contribution in [0.1, 0.15) is 367 Å². The molecule has 0 saturated heterocycles. The van der Waals surface area contributed by atoms with Crippen LogP contribution in [0.3, 0.4) is 0 Å². The van der Waals surface area contributed by atoms with E-state index in [-0.39, 0.29) is 31.1 Å². The van der Waals surface area contributed by atoms with Gasteiger partial charge in [0.2, 0.25) is 0 Å². The van der Waals surface area contributed by atoms with Crippen molar-refractivity contribution in [3.8, 4) is 0 Å². The minimum absolute atomic E-state index is 0.0784. The van der Waals surface area contributed by atoms with Crippen molar-refractivity contribution in [1.29, 1.82) is 0 Å². The summed E-state index contributed by atoms with van der Waals surface area (Å²) in [6.07, 6.45) is 94.8. The van der Waals surface area contributed by atoms with Crippen LogP contribution in [0.5, 0.6) is 0 Å². The highest BCUT2D eigenvalue weighted by molar-refractivity contribution is 5.71. The first-order valence-corrected chi connectivity index (χ1v) is 36.1. The summed E-state index contributed by atoms with van der Waals surface area (Å²) in [6.45, 7) is 6.46. The van der Waals surface area contributed by atoms with E-state index in [4.69, 9.17) is 14.2 Å². The number of ether oxygens (including phenoxy) is 3. The van der Waals surface area contributed by atoms with Crippen LogP contribution in [0.25, 0.3) is 0 Å². The van der Waals surface area contributed by atoms with Crippen LogP contribution in [0, 0.1) is 0 Å². The Kier molecular flexibility index (Phi) is 68.2. The Morgan fingerprint density at radius 2 is 0.470 bits per heavy atom. The van der Waals surface area contributed by atoms with Crippen molar-refractivity contribution < 1.29 is 28.6 Å². The summed E-state index contributed by atoms with van der Waals surface area (Å²) in [6, 6.07) is 0. The van der Waals surface area contributed by atoms with E-state index in [9.17, 15) is 14.4 Å². The summed E-state index contributed by atoms with van der Waals surface area (Å²) < 4.78 is 17.0. The Balaban J connectivity index is 4.28. The molecular formula is C77H136O6. The quantitative estimate of drug-likeness (QED) is 0.0261. The molecule has 1 unspecified atom stereocenters. The van der Waals surface area contributed by atoms with E-state index in [1.54, 1.807) is 0 Å². The summed E-state index contributed by atoms with van der Waals surface area (Å²) in [7, 11) is 0. The molecule has 6 heteroatoms. The highest BCUT2D eigenvalue weighted by atomic mass is 16.6. The van der Waals surface area contributed by atoms with E-state index in [0.717, 1.165) is 122 Å². The van der Waals surface area contributed by atoms with Gasteiger partial charge in [-0.2, -0.15) is 0 Å². The van der Waals surface area contributed by atoms with Gasteiger partial charge in [0.25, 0.3) is 0 Å². The van der Waals surface area contributed by atoms with Crippen molar-refractivity contribution in [3.05, 3.63) is 85.1 Å². The molecule has 0 saturated carbocycles. The van der Waals surface area contributed by atoms with Gasteiger partial charge in [0, 0.05) is 19.3 Å². The van der Waals surface area contributed by atoms with Crippen molar-refractivity contribution >= 4 is 17.9 Å². The minimum Gasteiger partial charge on any atom is -0.462 e. The second-order valence-corrected chi connectivity index (χ2v) is 24.1. The Labute approximate surface area is 515 Å². The van der Waals surface area contributed by atoms with Crippen LogP contribution in [0.4, 0.5) is 0 Å². The Morgan fingerprint density at radius 3 is 0.735 bits per heavy atom. The zero-order valence-corrected chi connectivity index (χ0v) is 55.2. The van der Waals surface area contributed by atoms with Crippen LogP contribution in [-0.4, -0.2) is 37.2 Å². The molecule has 0 aliphatic rings. The highest BCUT2D eigenvalue weighted by Gasteiger charge is 2.19. The third-order valence-electron chi connectivity index (χ3n) is 15.9. The molecule has 0 bridgehead atoms. The van der Waals surface area contributed by atoms with Gasteiger partial charge >= 0.3 is 17.9 Å². The third-order valence-corrected chi connectivity index (χ3v) is 15.9. The van der Waals surface area contributed by atoms with Crippen molar-refractivity contribution in [2.45, 2.75) is 374 Å². The van der Waals surface area contributed by atoms with E-state index in [2.05, 4.69) is 106 Å². The number of unbranched alkanes of at least 4 members (excludes halogenated alkanes) is 41. The van der Waals surface area contributed by atoms with Crippen LogP contribution >= 0.6 is 0 Å². The van der Waals surface area contributed by atoms with Gasteiger partial charge in [-0.15, -0.1) is 0 Å². The summed E-state index contributed by atoms with van der Waals surface area (Å²) in [5.74, 6) is -0.874. The molecule has 0 N–H and O–H groups in total. The molecule has 0 radical (unpaired) electrons. The molecule has 83 heavy (non-hydrogen) atoms. The molecule has 0 rings (SSSR count). The Hall–Kier alpha value is -3.41. The average molecular weight is 1160 g/mol. The predicted molar refractivity (Wildman–Crippen MR) is 362 cm³/mol. The van der Waals surface area contributed by atoms with E-state index >= 15 is 0 Å². The molecule has 0 heterocycles. The normalized spacial score (nSPS) is 12.6. The molecule has 0 aromatic carbocycles. The van der Waals surface area contributed by atoms with Gasteiger partial charge in [-0.1, -0.05) is 343 Å². The molecule has 1 atom stereocenters. The maximum Gasteiger partial charge on any atom is 0.306 e. The van der Waals surface area contributed by atoms with Gasteiger partial charge in [-0.3, -0.25) is 14.4 Å². The standard InChI is InChI=1S/C77H136O6/c1-4-7-10-13-16-19-22-25-28-30-32-34-36-37-38-39-41-42-44-46-49-52-55-58-61-64-67-70-76(79)82-73-74(72-81-75(78)69-66-63-60-57-54-51-48-27-24-21-18-15-12-9-6-3)83-77(80)71-68-65-62-59-56-53-50-47-45-43-40-35-33-31-29-26-23-20-17-14-11-8-5-2/h7,9-10,12,16,18-19,21,25,27-28,32,34,48,74H,4-6,8,11,13-15,17,20,22-24,26,29-31,33,35-47,49-73H2,1-3H3/b10-7-,12-9-,19-16-,21-18-,28-25-,34-32-,48-27-. The number of carbonyl (C=O) groups excluding carboxylic acids is 3. The first-order valence-electron chi connectivity index (χ1n) is 36.1. The lowest BCUT2D eigenvalue weighted by molar-refractivity contribution is -0.167. The zero-order chi connectivity index (χ0) is 59.9. The largest absolute Gasteiger partial charge is 0.462 e. The lowest BCUT2D eigenvalue weighted by atomic mass is 10.0. The lowest BCUT2D eigenvalue weighted by Crippen LogP contribution is -2.30. The second kappa shape index (κ2) is 71.1. The Morgan fingerprint density at radius 1 is 0.253 bits per heavy atom. The molecule has 6 nitrogen and oxygen atoms in total. The number of carbonyl (C=O) groups is 3. The van der Waals surface area contributed by atoms with Gasteiger partial charge in [0.05, 0.1) is 0 Å². The maximum absolute atomic E-state index is 13.0. The van der Waals surface area contributed by atoms with Crippen LogP contribution < -0.4 is 0 Å². The zero-order valence-electron chi connectivity index (χ0n) is 55.2. The topological polar surface area (TPSA) is 78.9 Å². The van der Waals surface area contributed by atoms with Crippen LogP contribution in [0.2, 0.25) is 0 Å². The molecular weight excluding hydrogens is 1020 g/mol. The predicted octanol–water partition coefficient (Wildman–Crippen LogP) is 25.0. The second-order valence-electron chi connectivity index (χ2n) is 24.1. The number of hydrogen-bond acceptors (Lipinski definition) is 6. The molecule has 0 amide bonds. The van der Waals surface area contributed by atoms with E-state index in [1.807, 2.05) is 0 Å². The van der Waals surface area contributed by atoms with Crippen LogP contribution in [0.15, 0.2) is 85.1 Å². The van der Waals surface area contributed by atoms with Gasteiger partial charge in [0.15, 0.2) is 6.10 Å². The molecule has 0 fully saturated rings. The highest BCUT2D eigenvalue weighted by Crippen LogP contribution is 2.18. The van der Waals surface area contributed by atoms with Crippen LogP contribution in [-0.2, 0) is 28.6 Å². The smallest absolute Gasteiger partial charge is 0.306 e. The molecule has 0 aromatic rings. The molecule has 0 aliphatic heterocycles. The molecule has 0 aliphatic carbocycles. The van der Waals surface area contributed by atoms with E-state index < -0.39 is 6.10 Å². The van der Waals surface area contributed by atoms with Gasteiger partial charge < -0.3 is 14.2 Å². The first kappa shape index (κ1) is 79.6. The summed E-state index contributed by atoms with van der Waals surface area (Å²) >= 11 is 0. The fourth-order valence-corrected chi connectivity index (χ4v) is 10.6. The lowest BCUT2D eigenvalue weighted by Gasteiger charge is -2.18. The minimum atomic E-state index is -0.784. The number of esters is 3. The Bertz CT molecular complexity index is 1570. The third kappa shape index (κ3) is 69.3. The monoisotopic (exact) mass is 1160 g/mol. The van der Waals surface area contributed by atoms with Crippen molar-refractivity contribution in [3.63, 3.8) is 0 Å². The molecule has 480 valence electrons. The fourth-order valence-electron chi connectivity index (χ4n) is 10.6. The van der Waals surface area contributed by atoms with Gasteiger partial charge in [-0.05, 0) is 89.9 Å². The molecule has 0 aromatic heterocycles. The average Bonchev–Trinajstić information content (AvgIpc) is 3.49. The van der Waals surface area contributed by atoms with Crippen molar-refractivity contribution in [2.75, 3.05) is 13.2 Å². The molecule has 0 spiro atoms. The van der Waals surface area contributed by atoms with Crippen molar-refractivity contribution in [2.24, 2.45) is 0 Å². The summed E-state index contributed by atoms with van der Waals surface area (Å²) in [4.78, 5) is 38.5. The summed E-state index contributed by atoms with van der Waals surface area (Å²) in [5.41, 5.74) is 0. The SMILES string of the molecule is CC/C=C\C/C=C\C/C=C\C/C=C\CCCCCCCCCCCCCCCCC(=O)OCC(COC(=O)CCCCCCC/C=C\C/C=C\C/C=C\CC)OC(=O)CCCCCCCCCCCCCCCCCCCCCCCCC. The number of rotatable bonds is 66. The van der Waals surface area contributed by atoms with E-state index in [0.29, 0.717) is 19.3 Å². The van der Waals surface area contributed by atoms with E-state index in [1.165, 1.54) is 205 Å². The maximum atomic E-state index is 13.0. The fraction of sp³-hybridized carbons (Fsp3) is 0.779. The number of allylic oxidation sites excluding steroid dienone is 14.